The Morgan fingerprint density at radius 2 is 0.227 bits per heavy atom. The van der Waals surface area contributed by atoms with Gasteiger partial charge in [-0.25, -0.2) is 0 Å². The van der Waals surface area contributed by atoms with Crippen molar-refractivity contribution in [1.82, 2.24) is 0 Å². The lowest BCUT2D eigenvalue weighted by Crippen LogP contribution is -2.43. The van der Waals surface area contributed by atoms with E-state index in [1.165, 1.54) is 0 Å². The molecule has 842 valence electrons. The fourth-order valence-corrected chi connectivity index (χ4v) is 12.3. The Morgan fingerprint density at radius 1 is 0.135 bits per heavy atom. The molecule has 0 saturated heterocycles. The van der Waals surface area contributed by atoms with Gasteiger partial charge in [0.2, 0.25) is 0 Å². The predicted octanol–water partition coefficient (Wildman–Crippen LogP) is 2.77. The molecule has 0 N–H and O–H groups in total. The van der Waals surface area contributed by atoms with E-state index in [4.69, 9.17) is 194 Å². The monoisotopic (exact) mass is 2130 g/mol. The fraction of sp³-hybridized carbons (Fsp3) is 0.968. The Balaban J connectivity index is 5.05. The summed E-state index contributed by atoms with van der Waals surface area (Å²) in [6, 6.07) is 0. The van der Waals surface area contributed by atoms with E-state index >= 15 is 0 Å². The highest BCUT2D eigenvalue weighted by molar-refractivity contribution is 8.00. The van der Waals surface area contributed by atoms with Gasteiger partial charge in [0.15, 0.2) is 0 Å². The number of ether oxygens (including phenoxy) is 41. The average Bonchev–Trinajstić information content (AvgIpc) is 0.867. The highest BCUT2D eigenvalue weighted by atomic mass is 32.2. The van der Waals surface area contributed by atoms with Crippen molar-refractivity contribution < 1.29 is 209 Å². The second kappa shape index (κ2) is 133. The number of thioether (sulfide) groups is 4. The number of aldehydes is 3. The van der Waals surface area contributed by atoms with E-state index in [2.05, 4.69) is 0 Å². The van der Waals surface area contributed by atoms with E-state index in [-0.39, 0.29) is 52.9 Å². The Morgan fingerprint density at radius 3 is 0.326 bits per heavy atom. The predicted molar refractivity (Wildman–Crippen MR) is 530 cm³/mol. The lowest BCUT2D eigenvalue weighted by atomic mass is 9.92. The van der Waals surface area contributed by atoms with E-state index in [9.17, 15) is 14.4 Å². The standard InChI is InChI=1S/C93H182O44S4/c1-97-92-141-87-80-133-68-64-125-52-48-117-36-32-109-20-16-101-8-12-105-24-28-113-40-44-121-56-60-129-72-76-137-91-93(88-134-73-69-126-57-53-118-41-37-110-25-21-102-9-5-98-13-17-106-29-33-114-45-49-122-61-65-130-77-84-138-81-2-94,89-135-74-70-127-58-54-119-42-38-111-26-22-103-10-6-99-14-18-107-30-34-115-46-50-123-62-66-131-78-85-139-82-3-95)90-136-75-71-128-59-55-120-43-39-112-27-23-104-11-7-100-15-19-108-31-35-116-47-51-124-63-67-132-79-86-140-83-4-96/h2-4H,5-92H2,1H3. The van der Waals surface area contributed by atoms with Crippen LogP contribution in [0.1, 0.15) is 0 Å². The van der Waals surface area contributed by atoms with Crippen LogP contribution in [-0.4, -0.2) is 601 Å². The molecular weight excluding hydrogens is 1950 g/mol. The number of hydrogen-bond donors (Lipinski definition) is 0. The number of hydrogen-bond acceptors (Lipinski definition) is 48. The van der Waals surface area contributed by atoms with E-state index in [1.54, 1.807) is 54.2 Å². The summed E-state index contributed by atoms with van der Waals surface area (Å²) in [5.74, 6) is 5.40. The normalized spacial score (nSPS) is 11.9. The lowest BCUT2D eigenvalue weighted by Gasteiger charge is -2.33. The van der Waals surface area contributed by atoms with Crippen molar-refractivity contribution in [1.29, 1.82) is 0 Å². The number of rotatable bonds is 136. The zero-order valence-corrected chi connectivity index (χ0v) is 88.3. The van der Waals surface area contributed by atoms with Crippen molar-refractivity contribution in [3.05, 3.63) is 0 Å². The minimum atomic E-state index is -0.762. The van der Waals surface area contributed by atoms with Gasteiger partial charge < -0.3 is 209 Å². The summed E-state index contributed by atoms with van der Waals surface area (Å²) in [7, 11) is 1.68. The Hall–Kier alpha value is -1.23. The van der Waals surface area contributed by atoms with Crippen LogP contribution in [-0.2, 0) is 209 Å². The van der Waals surface area contributed by atoms with Gasteiger partial charge in [0.1, 0.15) is 18.9 Å². The lowest BCUT2D eigenvalue weighted by molar-refractivity contribution is -0.123. The molecule has 44 nitrogen and oxygen atoms in total. The molecule has 0 unspecified atom stereocenters. The van der Waals surface area contributed by atoms with Crippen LogP contribution in [0.15, 0.2) is 0 Å². The SMILES string of the molecule is COCSCCOCCOCCOCCOCCOCCOCCOCCOCCOCCOCC(COCCOCCOCCOCCOCCOCCOCCOCCOCCOCCSCC=O)(COCCOCCOCCOCCOCCOCCOCCOCCOCCOCCSCC=O)COCCOCCOCCOCCOCCOCCOCCOCCOCCOCCSCC=O. The third-order valence-electron chi connectivity index (χ3n) is 17.3. The summed E-state index contributed by atoms with van der Waals surface area (Å²) in [6.07, 6.45) is 2.67. The second-order valence-electron chi connectivity index (χ2n) is 28.8. The molecule has 0 aromatic heterocycles. The molecule has 0 fully saturated rings. The molecule has 0 saturated carbocycles. The largest absolute Gasteiger partial charge is 0.378 e. The van der Waals surface area contributed by atoms with E-state index in [1.807, 2.05) is 0 Å². The molecule has 0 heterocycles. The molecule has 0 spiro atoms. The van der Waals surface area contributed by atoms with Crippen LogP contribution in [0, 0.1) is 5.41 Å². The molecule has 0 aromatic rings. The van der Waals surface area contributed by atoms with Crippen LogP contribution in [0.5, 0.6) is 0 Å². The second-order valence-corrected chi connectivity index (χ2v) is 33.3. The third-order valence-corrected chi connectivity index (χ3v) is 20.6. The van der Waals surface area contributed by atoms with Crippen molar-refractivity contribution in [2.45, 2.75) is 0 Å². The van der Waals surface area contributed by atoms with Crippen molar-refractivity contribution in [3.63, 3.8) is 0 Å². The highest BCUT2D eigenvalue weighted by Gasteiger charge is 2.33. The van der Waals surface area contributed by atoms with Crippen molar-refractivity contribution >= 4 is 65.9 Å². The first-order valence-electron chi connectivity index (χ1n) is 49.4. The zero-order chi connectivity index (χ0) is 101. The maximum Gasteiger partial charge on any atom is 0.129 e. The summed E-state index contributed by atoms with van der Waals surface area (Å²) >= 11 is 6.31. The molecule has 0 rings (SSSR count). The maximum atomic E-state index is 10.3. The van der Waals surface area contributed by atoms with E-state index in [0.29, 0.717) is 499 Å². The molecule has 0 aromatic carbocycles. The molecule has 141 heavy (non-hydrogen) atoms. The fourth-order valence-electron chi connectivity index (χ4n) is 10.3. The van der Waals surface area contributed by atoms with Crippen molar-refractivity contribution in [3.8, 4) is 0 Å². The minimum Gasteiger partial charge on any atom is -0.378 e. The van der Waals surface area contributed by atoms with E-state index < -0.39 is 5.41 Å². The van der Waals surface area contributed by atoms with Gasteiger partial charge in [-0.15, -0.1) is 11.8 Å². The van der Waals surface area contributed by atoms with Gasteiger partial charge in [-0.1, -0.05) is 0 Å². The smallest absolute Gasteiger partial charge is 0.129 e. The Kier molecular flexibility index (Phi) is 132. The van der Waals surface area contributed by atoms with Gasteiger partial charge in [-0.3, -0.25) is 0 Å². The summed E-state index contributed by atoms with van der Waals surface area (Å²) in [5, 5.41) is 0. The summed E-state index contributed by atoms with van der Waals surface area (Å²) in [4.78, 5) is 31.0. The van der Waals surface area contributed by atoms with Gasteiger partial charge in [0, 0.05) is 47.4 Å². The van der Waals surface area contributed by atoms with Gasteiger partial charge in [-0.2, -0.15) is 35.3 Å². The molecule has 0 radical (unpaired) electrons. The average molecular weight is 2130 g/mol. The summed E-state index contributed by atoms with van der Waals surface area (Å²) in [6.45, 7) is 34.3. The maximum absolute atomic E-state index is 10.3. The quantitative estimate of drug-likeness (QED) is 0.0480. The Labute approximate surface area is 857 Å². The van der Waals surface area contributed by atoms with Gasteiger partial charge in [0.25, 0.3) is 0 Å². The zero-order valence-electron chi connectivity index (χ0n) is 85.1. The highest BCUT2D eigenvalue weighted by Crippen LogP contribution is 2.21. The van der Waals surface area contributed by atoms with Crippen LogP contribution < -0.4 is 0 Å². The molecule has 48 heteroatoms. The van der Waals surface area contributed by atoms with Crippen LogP contribution in [0.3, 0.4) is 0 Å². The van der Waals surface area contributed by atoms with Gasteiger partial charge >= 0.3 is 0 Å². The summed E-state index contributed by atoms with van der Waals surface area (Å²) < 4.78 is 232. The first-order chi connectivity index (χ1) is 70.2. The third kappa shape index (κ3) is 127. The van der Waals surface area contributed by atoms with Crippen molar-refractivity contribution in [2.24, 2.45) is 5.41 Å². The molecule has 0 atom stereocenters. The van der Waals surface area contributed by atoms with Crippen LogP contribution in [0.4, 0.5) is 0 Å². The first kappa shape index (κ1) is 140. The minimum absolute atomic E-state index is 0.218. The first-order valence-corrected chi connectivity index (χ1v) is 54.1. The van der Waals surface area contributed by atoms with Crippen molar-refractivity contribution in [2.75, 3.05) is 582 Å². The van der Waals surface area contributed by atoms with Crippen LogP contribution in [0.2, 0.25) is 0 Å². The molecule has 0 aliphatic rings. The molecule has 0 aliphatic heterocycles. The molecule has 0 bridgehead atoms. The van der Waals surface area contributed by atoms with E-state index in [0.717, 1.165) is 41.9 Å². The molecule has 0 amide bonds. The van der Waals surface area contributed by atoms with Crippen LogP contribution >= 0.6 is 47.0 Å². The van der Waals surface area contributed by atoms with Crippen LogP contribution in [0.25, 0.3) is 0 Å². The van der Waals surface area contributed by atoms with Gasteiger partial charge in [0.05, 0.1) is 540 Å². The number of carbonyl (C=O) groups is 3. The van der Waals surface area contributed by atoms with Gasteiger partial charge in [-0.05, 0) is 0 Å². The summed E-state index contributed by atoms with van der Waals surface area (Å²) in [5.41, 5.74) is -0.762. The molecular formula is C93H182O44S4. The molecule has 0 aliphatic carbocycles. The Bertz CT molecular complexity index is 2080. The number of carbonyl (C=O) groups excluding carboxylic acids is 3. The topological polar surface area (TPSA) is 430 Å². The number of methoxy groups -OCH3 is 1.